The summed E-state index contributed by atoms with van der Waals surface area (Å²) >= 11 is 0. The molecule has 0 aliphatic carbocycles. The van der Waals surface area contributed by atoms with Crippen LogP contribution in [0.2, 0.25) is 0 Å². The van der Waals surface area contributed by atoms with Gasteiger partial charge in [-0.15, -0.1) is 0 Å². The summed E-state index contributed by atoms with van der Waals surface area (Å²) in [5, 5.41) is 15.6. The van der Waals surface area contributed by atoms with Crippen LogP contribution in [0, 0.1) is 0 Å². The summed E-state index contributed by atoms with van der Waals surface area (Å²) in [5.74, 6) is 1.22. The Hall–Kier alpha value is -4.37. The summed E-state index contributed by atoms with van der Waals surface area (Å²) < 4.78 is 31.5. The topological polar surface area (TPSA) is 162 Å². The lowest BCUT2D eigenvalue weighted by Crippen LogP contribution is -2.49. The first kappa shape index (κ1) is 37.4. The first-order chi connectivity index (χ1) is 23.6. The van der Waals surface area contributed by atoms with Crippen molar-refractivity contribution in [2.75, 3.05) is 70.8 Å². The monoisotopic (exact) mass is 692 g/mol. The van der Waals surface area contributed by atoms with Gasteiger partial charge in [-0.3, -0.25) is 4.90 Å². The molecule has 1 unspecified atom stereocenters. The highest BCUT2D eigenvalue weighted by Crippen LogP contribution is 2.33. The molecular formula is C35H52N10O3S. The SMILES string of the molecule is C=Cc1cnc(Nc2cc(CC)c(CCC(CCNC)N3CCN(C)CC3)cc2OC)nc1N\C(=C/C=C1/NC=CN/C1=C\N)S(C)(=O)=O. The zero-order valence-electron chi connectivity index (χ0n) is 29.3. The maximum absolute atomic E-state index is 12.8. The third-order valence-corrected chi connectivity index (χ3v) is 9.81. The first-order valence-corrected chi connectivity index (χ1v) is 18.5. The van der Waals surface area contributed by atoms with E-state index in [4.69, 9.17) is 10.5 Å². The number of benzene rings is 1. The smallest absolute Gasteiger partial charge is 0.229 e. The average Bonchev–Trinajstić information content (AvgIpc) is 3.10. The molecule has 0 saturated carbocycles. The number of hydrogen-bond donors (Lipinski definition) is 6. The van der Waals surface area contributed by atoms with Crippen LogP contribution in [-0.4, -0.2) is 94.4 Å². The zero-order valence-corrected chi connectivity index (χ0v) is 30.2. The second-order valence-corrected chi connectivity index (χ2v) is 14.1. The lowest BCUT2D eigenvalue weighted by molar-refractivity contribution is 0.102. The summed E-state index contributed by atoms with van der Waals surface area (Å²) in [4.78, 5) is 14.2. The van der Waals surface area contributed by atoms with Crippen molar-refractivity contribution in [3.05, 3.63) is 88.8 Å². The lowest BCUT2D eigenvalue weighted by Gasteiger charge is -2.38. The van der Waals surface area contributed by atoms with Crippen molar-refractivity contribution in [3.8, 4) is 5.75 Å². The van der Waals surface area contributed by atoms with Gasteiger partial charge in [-0.2, -0.15) is 4.98 Å². The second kappa shape index (κ2) is 17.9. The van der Waals surface area contributed by atoms with Crippen molar-refractivity contribution in [2.45, 2.75) is 38.6 Å². The molecule has 14 heteroatoms. The molecule has 4 rings (SSSR count). The van der Waals surface area contributed by atoms with Crippen LogP contribution in [0.4, 0.5) is 17.5 Å². The number of sulfone groups is 1. The van der Waals surface area contributed by atoms with E-state index in [0.29, 0.717) is 28.7 Å². The molecule has 266 valence electrons. The fraction of sp³-hybridized carbons (Fsp3) is 0.429. The fourth-order valence-corrected chi connectivity index (χ4v) is 6.47. The molecule has 3 heterocycles. The van der Waals surface area contributed by atoms with Gasteiger partial charge < -0.3 is 42.0 Å². The summed E-state index contributed by atoms with van der Waals surface area (Å²) in [6.45, 7) is 11.4. The van der Waals surface area contributed by atoms with Crippen LogP contribution in [-0.2, 0) is 22.7 Å². The van der Waals surface area contributed by atoms with Gasteiger partial charge in [0.25, 0.3) is 0 Å². The second-order valence-electron chi connectivity index (χ2n) is 12.1. The Morgan fingerprint density at radius 2 is 1.88 bits per heavy atom. The van der Waals surface area contributed by atoms with Gasteiger partial charge in [-0.25, -0.2) is 13.4 Å². The third-order valence-electron chi connectivity index (χ3n) is 8.78. The quantitative estimate of drug-likeness (QED) is 0.152. The first-order valence-electron chi connectivity index (χ1n) is 16.6. The van der Waals surface area contributed by atoms with Gasteiger partial charge in [0.05, 0.1) is 24.2 Å². The largest absolute Gasteiger partial charge is 0.495 e. The van der Waals surface area contributed by atoms with Gasteiger partial charge in [0, 0.05) is 68.8 Å². The van der Waals surface area contributed by atoms with Crippen molar-refractivity contribution in [1.82, 2.24) is 35.7 Å². The lowest BCUT2D eigenvalue weighted by atomic mass is 9.95. The van der Waals surface area contributed by atoms with E-state index in [1.807, 2.05) is 7.05 Å². The maximum Gasteiger partial charge on any atom is 0.229 e. The molecule has 0 bridgehead atoms. The Labute approximate surface area is 291 Å². The Morgan fingerprint density at radius 3 is 2.51 bits per heavy atom. The molecule has 2 aliphatic heterocycles. The molecule has 13 nitrogen and oxygen atoms in total. The van der Waals surface area contributed by atoms with E-state index in [2.05, 4.69) is 79.0 Å². The maximum atomic E-state index is 12.8. The minimum absolute atomic E-state index is 0.0692. The summed E-state index contributed by atoms with van der Waals surface area (Å²) in [6, 6.07) is 4.72. The molecule has 7 N–H and O–H groups in total. The molecule has 1 fully saturated rings. The highest BCUT2D eigenvalue weighted by Gasteiger charge is 2.23. The number of methoxy groups -OCH3 is 1. The third kappa shape index (κ3) is 10.3. The Balaban J connectivity index is 1.58. The molecule has 0 amide bonds. The highest BCUT2D eigenvalue weighted by molar-refractivity contribution is 7.94. The number of hydrogen-bond acceptors (Lipinski definition) is 13. The van der Waals surface area contributed by atoms with Crippen LogP contribution in [0.3, 0.4) is 0 Å². The number of nitrogens with zero attached hydrogens (tertiary/aromatic N) is 4. The van der Waals surface area contributed by atoms with E-state index in [-0.39, 0.29) is 16.8 Å². The van der Waals surface area contributed by atoms with Crippen LogP contribution in [0.15, 0.2) is 72.1 Å². The molecule has 1 aromatic carbocycles. The van der Waals surface area contributed by atoms with Crippen LogP contribution in [0.25, 0.3) is 6.08 Å². The molecule has 1 saturated heterocycles. The Morgan fingerprint density at radius 1 is 1.14 bits per heavy atom. The van der Waals surface area contributed by atoms with E-state index in [1.54, 1.807) is 37.9 Å². The molecule has 0 spiro atoms. The minimum Gasteiger partial charge on any atom is -0.495 e. The number of aromatic nitrogens is 2. The molecule has 2 aliphatic rings. The molecule has 49 heavy (non-hydrogen) atoms. The van der Waals surface area contributed by atoms with Gasteiger partial charge in [0.15, 0.2) is 9.84 Å². The van der Waals surface area contributed by atoms with E-state index in [1.165, 1.54) is 23.4 Å². The number of rotatable bonds is 16. The van der Waals surface area contributed by atoms with Crippen LogP contribution < -0.4 is 37.1 Å². The summed E-state index contributed by atoms with van der Waals surface area (Å²) in [6.07, 6.45) is 16.1. The average molecular weight is 693 g/mol. The predicted octanol–water partition coefficient (Wildman–Crippen LogP) is 3.24. The van der Waals surface area contributed by atoms with Crippen molar-refractivity contribution in [3.63, 3.8) is 0 Å². The molecule has 2 aromatic rings. The van der Waals surface area contributed by atoms with Gasteiger partial charge in [0.1, 0.15) is 16.6 Å². The van der Waals surface area contributed by atoms with Crippen LogP contribution in [0.5, 0.6) is 5.75 Å². The van der Waals surface area contributed by atoms with Crippen molar-refractivity contribution < 1.29 is 13.2 Å². The molecule has 0 radical (unpaired) electrons. The number of allylic oxidation sites excluding steroid dienone is 2. The minimum atomic E-state index is -3.69. The predicted molar refractivity (Wildman–Crippen MR) is 200 cm³/mol. The Kier molecular flexibility index (Phi) is 13.6. The zero-order chi connectivity index (χ0) is 35.4. The fourth-order valence-electron chi connectivity index (χ4n) is 5.87. The number of likely N-dealkylation sites (N-methyl/N-ethyl adjacent to an activating group) is 1. The summed E-state index contributed by atoms with van der Waals surface area (Å²) in [5.41, 5.74) is 10.6. The molecule has 1 aromatic heterocycles. The van der Waals surface area contributed by atoms with E-state index in [0.717, 1.165) is 70.4 Å². The van der Waals surface area contributed by atoms with Crippen molar-refractivity contribution >= 4 is 33.4 Å². The van der Waals surface area contributed by atoms with E-state index >= 15 is 0 Å². The standard InChI is InChI=1S/C35H52N10O3S/c1-7-25-21-30(32(48-5)22-27(25)9-10-28(13-14-37-3)45-19-17-44(4)18-20-45)41-35-40-24-26(8-2)34(43-35)42-33(49(6,46)47)12-11-29-31(23-36)39-16-15-38-29/h8,11-12,15-16,21-24,28,37-39H,2,7,9-10,13-14,17-20,36H2,1,3-6H3,(H2,40,41,42,43)/b29-11+,31-23-,33-12+. The van der Waals surface area contributed by atoms with Crippen molar-refractivity contribution in [1.29, 1.82) is 0 Å². The normalized spacial score (nSPS) is 18.2. The number of piperazine rings is 1. The van der Waals surface area contributed by atoms with Crippen LogP contribution >= 0.6 is 0 Å². The van der Waals surface area contributed by atoms with E-state index in [9.17, 15) is 8.42 Å². The molecule has 1 atom stereocenters. The van der Waals surface area contributed by atoms with Crippen molar-refractivity contribution in [2.24, 2.45) is 5.73 Å². The van der Waals surface area contributed by atoms with Gasteiger partial charge >= 0.3 is 0 Å². The van der Waals surface area contributed by atoms with Gasteiger partial charge in [0.2, 0.25) is 5.95 Å². The number of aryl methyl sites for hydroxylation is 2. The summed E-state index contributed by atoms with van der Waals surface area (Å²) in [7, 11) is 2.17. The van der Waals surface area contributed by atoms with Gasteiger partial charge in [-0.05, 0) is 81.7 Å². The Bertz CT molecular complexity index is 1680. The number of nitrogens with one attached hydrogen (secondary N) is 5. The van der Waals surface area contributed by atoms with Crippen LogP contribution in [0.1, 0.15) is 36.5 Å². The highest BCUT2D eigenvalue weighted by atomic mass is 32.2. The number of anilines is 3. The molecular weight excluding hydrogens is 641 g/mol. The number of nitrogens with two attached hydrogens (primary N) is 1. The number of ether oxygens (including phenoxy) is 1. The van der Waals surface area contributed by atoms with Gasteiger partial charge in [-0.1, -0.05) is 19.6 Å². The van der Waals surface area contributed by atoms with E-state index < -0.39 is 9.84 Å².